The number of likely N-dealkylation sites (tertiary alicyclic amines) is 1. The maximum absolute atomic E-state index is 5.28. The summed E-state index contributed by atoms with van der Waals surface area (Å²) in [5.74, 6) is 0.859. The largest absolute Gasteiger partial charge is 0.380 e. The third-order valence-corrected chi connectivity index (χ3v) is 5.00. The van der Waals surface area contributed by atoms with E-state index in [0.717, 1.165) is 31.6 Å². The molecule has 1 aliphatic heterocycles. The smallest absolute Gasteiger partial charge is 0.191 e. The van der Waals surface area contributed by atoms with Crippen LogP contribution >= 0.6 is 24.0 Å². The van der Waals surface area contributed by atoms with Crippen molar-refractivity contribution in [3.63, 3.8) is 0 Å². The Bertz CT molecular complexity index is 538. The first-order valence-electron chi connectivity index (χ1n) is 9.52. The maximum Gasteiger partial charge on any atom is 0.191 e. The van der Waals surface area contributed by atoms with Gasteiger partial charge in [0.2, 0.25) is 0 Å². The lowest BCUT2D eigenvalue weighted by molar-refractivity contribution is 0.147. The van der Waals surface area contributed by atoms with Crippen LogP contribution in [-0.2, 0) is 17.9 Å². The topological polar surface area (TPSA) is 48.9 Å². The molecule has 5 nitrogen and oxygen atoms in total. The maximum atomic E-state index is 5.28. The summed E-state index contributed by atoms with van der Waals surface area (Å²) < 4.78 is 5.28. The number of aliphatic imine (C=N–C) groups is 1. The Morgan fingerprint density at radius 1 is 1.23 bits per heavy atom. The second kappa shape index (κ2) is 13.3. The number of nitrogens with one attached hydrogen (secondary N) is 2. The number of hydrogen-bond donors (Lipinski definition) is 2. The molecule has 1 aromatic rings. The molecule has 6 heteroatoms. The first-order chi connectivity index (χ1) is 12.3. The fourth-order valence-electron chi connectivity index (χ4n) is 3.56. The van der Waals surface area contributed by atoms with Crippen molar-refractivity contribution in [3.05, 3.63) is 35.4 Å². The molecule has 0 bridgehead atoms. The average molecular weight is 474 g/mol. The monoisotopic (exact) mass is 474 g/mol. The molecule has 148 valence electrons. The number of benzene rings is 1. The van der Waals surface area contributed by atoms with Gasteiger partial charge in [-0.1, -0.05) is 37.6 Å². The molecule has 2 N–H and O–H groups in total. The van der Waals surface area contributed by atoms with Crippen LogP contribution in [0.5, 0.6) is 0 Å². The molecular formula is C20H35IN4O. The summed E-state index contributed by atoms with van der Waals surface area (Å²) in [6.07, 6.45) is 5.31. The number of rotatable bonds is 8. The molecule has 0 aliphatic carbocycles. The molecule has 1 atom stereocenters. The van der Waals surface area contributed by atoms with E-state index in [-0.39, 0.29) is 24.0 Å². The number of piperidine rings is 1. The van der Waals surface area contributed by atoms with Crippen molar-refractivity contribution in [2.24, 2.45) is 4.99 Å². The summed E-state index contributed by atoms with van der Waals surface area (Å²) in [4.78, 5) is 6.97. The number of nitrogens with zero attached hydrogens (tertiary/aromatic N) is 2. The van der Waals surface area contributed by atoms with Gasteiger partial charge in [-0.3, -0.25) is 9.89 Å². The van der Waals surface area contributed by atoms with Gasteiger partial charge in [0.1, 0.15) is 0 Å². The average Bonchev–Trinajstić information content (AvgIpc) is 2.66. The number of hydrogen-bond acceptors (Lipinski definition) is 3. The van der Waals surface area contributed by atoms with Crippen LogP contribution in [0.2, 0.25) is 0 Å². The van der Waals surface area contributed by atoms with Crippen molar-refractivity contribution in [2.75, 3.05) is 33.8 Å². The molecule has 1 heterocycles. The number of halogens is 1. The number of guanidine groups is 1. The Hall–Kier alpha value is -0.860. The molecule has 2 rings (SSSR count). The quantitative estimate of drug-likeness (QED) is 0.345. The van der Waals surface area contributed by atoms with Gasteiger partial charge < -0.3 is 15.4 Å². The fourth-order valence-corrected chi connectivity index (χ4v) is 3.56. The van der Waals surface area contributed by atoms with Crippen LogP contribution in [0.25, 0.3) is 0 Å². The molecule has 1 aliphatic rings. The van der Waals surface area contributed by atoms with Gasteiger partial charge in [-0.15, -0.1) is 24.0 Å². The Morgan fingerprint density at radius 2 is 2.00 bits per heavy atom. The predicted octanol–water partition coefficient (Wildman–Crippen LogP) is 3.38. The van der Waals surface area contributed by atoms with Gasteiger partial charge in [0, 0.05) is 39.8 Å². The van der Waals surface area contributed by atoms with Crippen molar-refractivity contribution in [3.8, 4) is 0 Å². The van der Waals surface area contributed by atoms with Crippen LogP contribution in [0, 0.1) is 0 Å². The molecule has 0 saturated carbocycles. The zero-order valence-electron chi connectivity index (χ0n) is 16.5. The number of ether oxygens (including phenoxy) is 1. The standard InChI is InChI=1S/C20H34N4O.HI/c1-4-19-11-7-8-13-24(19)14-12-22-20(21-2)23-15-17-9-5-6-10-18(17)16-25-3;/h5-6,9-10,19H,4,7-8,11-16H2,1-3H3,(H2,21,22,23);1H. The molecule has 1 unspecified atom stereocenters. The van der Waals surface area contributed by atoms with Crippen molar-refractivity contribution >= 4 is 29.9 Å². The zero-order chi connectivity index (χ0) is 17.9. The highest BCUT2D eigenvalue weighted by atomic mass is 127. The Morgan fingerprint density at radius 3 is 2.69 bits per heavy atom. The summed E-state index contributed by atoms with van der Waals surface area (Å²) in [5.41, 5.74) is 2.46. The van der Waals surface area contributed by atoms with E-state index in [9.17, 15) is 0 Å². The van der Waals surface area contributed by atoms with Crippen molar-refractivity contribution < 1.29 is 4.74 Å². The van der Waals surface area contributed by atoms with Gasteiger partial charge in [-0.05, 0) is 36.9 Å². The van der Waals surface area contributed by atoms with E-state index in [2.05, 4.69) is 45.6 Å². The number of methoxy groups -OCH3 is 1. The second-order valence-corrected chi connectivity index (χ2v) is 6.65. The summed E-state index contributed by atoms with van der Waals surface area (Å²) in [6.45, 7) is 6.93. The van der Waals surface area contributed by atoms with Crippen molar-refractivity contribution in [2.45, 2.75) is 51.8 Å². The normalized spacial score (nSPS) is 18.3. The van der Waals surface area contributed by atoms with Crippen LogP contribution in [0.3, 0.4) is 0 Å². The summed E-state index contributed by atoms with van der Waals surface area (Å²) >= 11 is 0. The summed E-state index contributed by atoms with van der Waals surface area (Å²) in [6, 6.07) is 9.11. The van der Waals surface area contributed by atoms with E-state index in [1.54, 1.807) is 7.11 Å². The van der Waals surface area contributed by atoms with Crippen LogP contribution in [0.4, 0.5) is 0 Å². The lowest BCUT2D eigenvalue weighted by atomic mass is 10.0. The van der Waals surface area contributed by atoms with Crippen LogP contribution in [-0.4, -0.2) is 50.7 Å². The van der Waals surface area contributed by atoms with Gasteiger partial charge >= 0.3 is 0 Å². The first-order valence-corrected chi connectivity index (χ1v) is 9.52. The minimum atomic E-state index is 0. The fraction of sp³-hybridized carbons (Fsp3) is 0.650. The van der Waals surface area contributed by atoms with Gasteiger partial charge in [0.15, 0.2) is 5.96 Å². The molecular weight excluding hydrogens is 439 g/mol. The predicted molar refractivity (Wildman–Crippen MR) is 120 cm³/mol. The molecule has 1 aromatic carbocycles. The van der Waals surface area contributed by atoms with Crippen LogP contribution in [0.15, 0.2) is 29.3 Å². The van der Waals surface area contributed by atoms with Crippen LogP contribution in [0.1, 0.15) is 43.7 Å². The lowest BCUT2D eigenvalue weighted by Crippen LogP contribution is -2.45. The second-order valence-electron chi connectivity index (χ2n) is 6.65. The lowest BCUT2D eigenvalue weighted by Gasteiger charge is -2.35. The van der Waals surface area contributed by atoms with E-state index >= 15 is 0 Å². The minimum absolute atomic E-state index is 0. The highest BCUT2D eigenvalue weighted by Gasteiger charge is 2.19. The Kier molecular flexibility index (Phi) is 11.9. The first kappa shape index (κ1) is 23.2. The summed E-state index contributed by atoms with van der Waals surface area (Å²) in [5, 5.41) is 6.86. The third kappa shape index (κ3) is 7.40. The Labute approximate surface area is 176 Å². The Balaban J connectivity index is 0.00000338. The van der Waals surface area contributed by atoms with Gasteiger partial charge in [0.05, 0.1) is 6.61 Å². The molecule has 0 radical (unpaired) electrons. The minimum Gasteiger partial charge on any atom is -0.380 e. The SMILES string of the molecule is CCC1CCCCN1CCNC(=NC)NCc1ccccc1COC.I. The molecule has 26 heavy (non-hydrogen) atoms. The van der Waals surface area contributed by atoms with Crippen molar-refractivity contribution in [1.29, 1.82) is 0 Å². The van der Waals surface area contributed by atoms with Gasteiger partial charge in [-0.25, -0.2) is 0 Å². The van der Waals surface area contributed by atoms with E-state index in [4.69, 9.17) is 4.74 Å². The van der Waals surface area contributed by atoms with E-state index in [0.29, 0.717) is 6.61 Å². The molecule has 0 aromatic heterocycles. The van der Waals surface area contributed by atoms with Crippen LogP contribution < -0.4 is 10.6 Å². The molecule has 1 saturated heterocycles. The molecule has 0 amide bonds. The molecule has 1 fully saturated rings. The van der Waals surface area contributed by atoms with E-state index in [1.807, 2.05) is 13.1 Å². The molecule has 0 spiro atoms. The highest BCUT2D eigenvalue weighted by Crippen LogP contribution is 2.18. The zero-order valence-corrected chi connectivity index (χ0v) is 18.8. The van der Waals surface area contributed by atoms with Gasteiger partial charge in [0.25, 0.3) is 0 Å². The third-order valence-electron chi connectivity index (χ3n) is 5.00. The van der Waals surface area contributed by atoms with E-state index < -0.39 is 0 Å². The summed E-state index contributed by atoms with van der Waals surface area (Å²) in [7, 11) is 3.56. The van der Waals surface area contributed by atoms with Gasteiger partial charge in [-0.2, -0.15) is 0 Å². The van der Waals surface area contributed by atoms with Crippen molar-refractivity contribution in [1.82, 2.24) is 15.5 Å². The highest BCUT2D eigenvalue weighted by molar-refractivity contribution is 14.0. The van der Waals surface area contributed by atoms with E-state index in [1.165, 1.54) is 43.4 Å².